The summed E-state index contributed by atoms with van der Waals surface area (Å²) in [7, 11) is 0. The Balaban J connectivity index is 1.73. The van der Waals surface area contributed by atoms with Crippen molar-refractivity contribution in [3.8, 4) is 0 Å². The maximum Gasteiger partial charge on any atom is 0.293 e. The predicted molar refractivity (Wildman–Crippen MR) is 97.5 cm³/mol. The lowest BCUT2D eigenvalue weighted by Gasteiger charge is -2.28. The number of rotatable bonds is 4. The summed E-state index contributed by atoms with van der Waals surface area (Å²) in [6.45, 7) is 3.14. The van der Waals surface area contributed by atoms with Crippen molar-refractivity contribution in [2.45, 2.75) is 26.2 Å². The highest BCUT2D eigenvalue weighted by Crippen LogP contribution is 2.31. The Morgan fingerprint density at radius 3 is 2.44 bits per heavy atom. The molecule has 0 radical (unpaired) electrons. The molecule has 142 valence electrons. The Hall–Kier alpha value is -3.36. The number of hydrogen-bond acceptors (Lipinski definition) is 6. The zero-order valence-corrected chi connectivity index (χ0v) is 14.9. The van der Waals surface area contributed by atoms with E-state index in [1.54, 1.807) is 13.0 Å². The molecule has 1 aromatic heterocycles. The van der Waals surface area contributed by atoms with Gasteiger partial charge in [0, 0.05) is 24.7 Å². The summed E-state index contributed by atoms with van der Waals surface area (Å²) in [6.07, 6.45) is 4.45. The Bertz CT molecular complexity index is 870. The third kappa shape index (κ3) is 4.08. The number of nitrogens with one attached hydrogen (secondary N) is 2. The van der Waals surface area contributed by atoms with Crippen molar-refractivity contribution in [2.24, 2.45) is 0 Å². The van der Waals surface area contributed by atoms with Gasteiger partial charge in [0.1, 0.15) is 11.4 Å². The molecule has 0 bridgehead atoms. The van der Waals surface area contributed by atoms with Crippen LogP contribution in [0.4, 0.5) is 11.4 Å². The maximum absolute atomic E-state index is 12.3. The zero-order chi connectivity index (χ0) is 19.4. The smallest absolute Gasteiger partial charge is 0.293 e. The normalized spacial score (nSPS) is 13.9. The number of aryl methyl sites for hydroxylation is 1. The molecule has 1 aliphatic rings. The highest BCUT2D eigenvalue weighted by molar-refractivity contribution is 6.00. The fourth-order valence-corrected chi connectivity index (χ4v) is 3.09. The van der Waals surface area contributed by atoms with Crippen LogP contribution >= 0.6 is 0 Å². The van der Waals surface area contributed by atoms with Gasteiger partial charge in [-0.05, 0) is 44.4 Å². The lowest BCUT2D eigenvalue weighted by Crippen LogP contribution is -2.41. The molecule has 0 unspecified atom stereocenters. The van der Waals surface area contributed by atoms with Gasteiger partial charge in [-0.2, -0.15) is 0 Å². The standard InChI is InChI=1S/C18H20N4O5/c1-12-14(7-10-27-12)18(24)20-19-17(23)13-5-6-15(16(11-13)22(25)26)21-8-3-2-4-9-21/h5-7,10-11H,2-4,8-9H2,1H3,(H,19,23)(H,20,24). The molecule has 0 spiro atoms. The van der Waals surface area contributed by atoms with Crippen LogP contribution in [0.25, 0.3) is 0 Å². The first-order chi connectivity index (χ1) is 13.0. The fourth-order valence-electron chi connectivity index (χ4n) is 3.09. The summed E-state index contributed by atoms with van der Waals surface area (Å²) in [5.41, 5.74) is 5.30. The van der Waals surface area contributed by atoms with Crippen molar-refractivity contribution in [1.29, 1.82) is 0 Å². The van der Waals surface area contributed by atoms with Crippen LogP contribution in [-0.2, 0) is 0 Å². The van der Waals surface area contributed by atoms with Crippen molar-refractivity contribution in [1.82, 2.24) is 10.9 Å². The molecule has 0 saturated carbocycles. The molecule has 2 heterocycles. The first-order valence-corrected chi connectivity index (χ1v) is 8.65. The lowest BCUT2D eigenvalue weighted by molar-refractivity contribution is -0.384. The second kappa shape index (κ2) is 7.90. The SMILES string of the molecule is Cc1occc1C(=O)NNC(=O)c1ccc(N2CCCCC2)c([N+](=O)[O-])c1. The maximum atomic E-state index is 12.3. The van der Waals surface area contributed by atoms with Crippen LogP contribution in [0.1, 0.15) is 45.7 Å². The summed E-state index contributed by atoms with van der Waals surface area (Å²) >= 11 is 0. The first kappa shape index (κ1) is 18.4. The van der Waals surface area contributed by atoms with Crippen LogP contribution in [0, 0.1) is 17.0 Å². The summed E-state index contributed by atoms with van der Waals surface area (Å²) < 4.78 is 5.04. The van der Waals surface area contributed by atoms with Crippen molar-refractivity contribution in [3.63, 3.8) is 0 Å². The van der Waals surface area contributed by atoms with Gasteiger partial charge in [-0.15, -0.1) is 0 Å². The van der Waals surface area contributed by atoms with E-state index in [1.807, 2.05) is 4.90 Å². The molecule has 0 aliphatic carbocycles. The number of hydrazine groups is 1. The van der Waals surface area contributed by atoms with Crippen LogP contribution in [0.3, 0.4) is 0 Å². The molecular formula is C18H20N4O5. The number of anilines is 1. The Kier molecular flexibility index (Phi) is 5.39. The molecule has 9 nitrogen and oxygen atoms in total. The van der Waals surface area contributed by atoms with Gasteiger partial charge in [0.15, 0.2) is 0 Å². The van der Waals surface area contributed by atoms with E-state index in [0.29, 0.717) is 17.0 Å². The number of nitro benzene ring substituents is 1. The number of nitro groups is 1. The molecule has 1 aliphatic heterocycles. The quantitative estimate of drug-likeness (QED) is 0.629. The van der Waals surface area contributed by atoms with E-state index in [9.17, 15) is 19.7 Å². The molecule has 0 atom stereocenters. The number of piperidine rings is 1. The second-order valence-electron chi connectivity index (χ2n) is 6.31. The molecule has 2 amide bonds. The number of hydrogen-bond donors (Lipinski definition) is 2. The molecular weight excluding hydrogens is 352 g/mol. The van der Waals surface area contributed by atoms with Gasteiger partial charge in [0.05, 0.1) is 16.7 Å². The highest BCUT2D eigenvalue weighted by atomic mass is 16.6. The third-order valence-corrected chi connectivity index (χ3v) is 4.52. The van der Waals surface area contributed by atoms with Crippen molar-refractivity contribution in [2.75, 3.05) is 18.0 Å². The monoisotopic (exact) mass is 372 g/mol. The molecule has 3 rings (SSSR count). The van der Waals surface area contributed by atoms with E-state index in [4.69, 9.17) is 4.42 Å². The number of furan rings is 1. The van der Waals surface area contributed by atoms with E-state index in [-0.39, 0.29) is 11.3 Å². The molecule has 1 aromatic carbocycles. The van der Waals surface area contributed by atoms with Crippen LogP contribution in [-0.4, -0.2) is 29.8 Å². The minimum absolute atomic E-state index is 0.0895. The minimum atomic E-state index is -0.641. The van der Waals surface area contributed by atoms with Gasteiger partial charge < -0.3 is 9.32 Å². The van der Waals surface area contributed by atoms with E-state index in [1.165, 1.54) is 24.5 Å². The molecule has 2 aromatic rings. The van der Waals surface area contributed by atoms with Crippen LogP contribution < -0.4 is 15.8 Å². The topological polar surface area (TPSA) is 118 Å². The summed E-state index contributed by atoms with van der Waals surface area (Å²) in [4.78, 5) is 37.2. The second-order valence-corrected chi connectivity index (χ2v) is 6.31. The van der Waals surface area contributed by atoms with Gasteiger partial charge in [-0.3, -0.25) is 30.6 Å². The van der Waals surface area contributed by atoms with Gasteiger partial charge in [0.25, 0.3) is 17.5 Å². The summed E-state index contributed by atoms with van der Waals surface area (Å²) in [6, 6.07) is 5.81. The number of benzene rings is 1. The number of carbonyl (C=O) groups is 2. The number of carbonyl (C=O) groups excluding carboxylic acids is 2. The zero-order valence-electron chi connectivity index (χ0n) is 14.9. The number of amides is 2. The number of nitrogens with zero attached hydrogens (tertiary/aromatic N) is 2. The molecule has 9 heteroatoms. The summed E-state index contributed by atoms with van der Waals surface area (Å²) in [5, 5.41) is 11.5. The Morgan fingerprint density at radius 2 is 1.81 bits per heavy atom. The van der Waals surface area contributed by atoms with Crippen molar-refractivity contribution < 1.29 is 18.9 Å². The highest BCUT2D eigenvalue weighted by Gasteiger charge is 2.23. The molecule has 1 saturated heterocycles. The predicted octanol–water partition coefficient (Wildman–Crippen LogP) is 2.56. The van der Waals surface area contributed by atoms with E-state index >= 15 is 0 Å². The lowest BCUT2D eigenvalue weighted by atomic mass is 10.1. The molecule has 1 fully saturated rings. The Labute approximate surface area is 155 Å². The van der Waals surface area contributed by atoms with Gasteiger partial charge in [-0.25, -0.2) is 0 Å². The van der Waals surface area contributed by atoms with Gasteiger partial charge >= 0.3 is 0 Å². The largest absolute Gasteiger partial charge is 0.469 e. The van der Waals surface area contributed by atoms with Crippen molar-refractivity contribution >= 4 is 23.2 Å². The van der Waals surface area contributed by atoms with E-state index < -0.39 is 16.7 Å². The fraction of sp³-hybridized carbons (Fsp3) is 0.333. The summed E-state index contributed by atoms with van der Waals surface area (Å²) in [5.74, 6) is -0.755. The average Bonchev–Trinajstić information content (AvgIpc) is 3.12. The van der Waals surface area contributed by atoms with Crippen LogP contribution in [0.5, 0.6) is 0 Å². The van der Waals surface area contributed by atoms with E-state index in [0.717, 1.165) is 32.4 Å². The Morgan fingerprint density at radius 1 is 1.11 bits per heavy atom. The average molecular weight is 372 g/mol. The van der Waals surface area contributed by atoms with E-state index in [2.05, 4.69) is 10.9 Å². The minimum Gasteiger partial charge on any atom is -0.469 e. The third-order valence-electron chi connectivity index (χ3n) is 4.52. The van der Waals surface area contributed by atoms with Gasteiger partial charge in [0.2, 0.25) is 0 Å². The van der Waals surface area contributed by atoms with Crippen LogP contribution in [0.2, 0.25) is 0 Å². The molecule has 2 N–H and O–H groups in total. The van der Waals surface area contributed by atoms with Crippen LogP contribution in [0.15, 0.2) is 34.9 Å². The van der Waals surface area contributed by atoms with Gasteiger partial charge in [-0.1, -0.05) is 0 Å². The van der Waals surface area contributed by atoms with Crippen molar-refractivity contribution in [3.05, 3.63) is 57.5 Å². The first-order valence-electron chi connectivity index (χ1n) is 8.65. The molecule has 27 heavy (non-hydrogen) atoms.